The average Bonchev–Trinajstić information content (AvgIpc) is 2.88. The molecule has 1 atom stereocenters. The van der Waals surface area contributed by atoms with Gasteiger partial charge in [0.05, 0.1) is 18.9 Å². The fourth-order valence-corrected chi connectivity index (χ4v) is 2.85. The number of hydrogen-bond acceptors (Lipinski definition) is 5. The van der Waals surface area contributed by atoms with Gasteiger partial charge in [0.15, 0.2) is 0 Å². The van der Waals surface area contributed by atoms with Gasteiger partial charge in [-0.05, 0) is 68.0 Å². The number of rotatable bonds is 10. The van der Waals surface area contributed by atoms with E-state index in [4.69, 9.17) is 9.57 Å². The Hall–Kier alpha value is -1.82. The van der Waals surface area contributed by atoms with Crippen LogP contribution in [0.4, 0.5) is 0 Å². The molecule has 0 spiro atoms. The summed E-state index contributed by atoms with van der Waals surface area (Å²) in [6, 6.07) is 8.04. The summed E-state index contributed by atoms with van der Waals surface area (Å²) in [6.45, 7) is 3.81. The molecule has 0 radical (unpaired) electrons. The van der Waals surface area contributed by atoms with E-state index in [1.54, 1.807) is 7.11 Å². The number of hydrogen-bond donors (Lipinski definition) is 3. The van der Waals surface area contributed by atoms with Crippen molar-refractivity contribution in [3.05, 3.63) is 47.2 Å². The van der Waals surface area contributed by atoms with E-state index in [2.05, 4.69) is 42.0 Å². The van der Waals surface area contributed by atoms with Gasteiger partial charge in [-0.1, -0.05) is 25.1 Å². The lowest BCUT2D eigenvalue weighted by atomic mass is 10.0. The van der Waals surface area contributed by atoms with Crippen LogP contribution in [-0.4, -0.2) is 38.0 Å². The maximum Gasteiger partial charge on any atom is 0.118 e. The van der Waals surface area contributed by atoms with E-state index in [1.165, 1.54) is 12.0 Å². The van der Waals surface area contributed by atoms with Gasteiger partial charge < -0.3 is 15.2 Å². The van der Waals surface area contributed by atoms with Crippen LogP contribution in [-0.2, 0) is 4.84 Å². The van der Waals surface area contributed by atoms with E-state index in [0.29, 0.717) is 6.54 Å². The van der Waals surface area contributed by atoms with Crippen molar-refractivity contribution in [1.82, 2.24) is 10.8 Å². The zero-order valence-corrected chi connectivity index (χ0v) is 16.0. The number of methoxy groups -OCH3 is 1. The number of allylic oxidation sites excluding steroid dienone is 2. The van der Waals surface area contributed by atoms with Gasteiger partial charge in [0.1, 0.15) is 12.4 Å². The second kappa shape index (κ2) is 11.7. The van der Waals surface area contributed by atoms with Crippen molar-refractivity contribution in [2.24, 2.45) is 0 Å². The van der Waals surface area contributed by atoms with E-state index >= 15 is 0 Å². The Morgan fingerprint density at radius 2 is 2.04 bits per heavy atom. The number of hydroxylamine groups is 1. The molecule has 1 aromatic carbocycles. The Bertz CT molecular complexity index is 581. The van der Waals surface area contributed by atoms with Crippen molar-refractivity contribution < 1.29 is 14.7 Å². The zero-order chi connectivity index (χ0) is 18.6. The van der Waals surface area contributed by atoms with Gasteiger partial charge in [0.2, 0.25) is 0 Å². The Kier molecular flexibility index (Phi) is 9.24. The number of ether oxygens (including phenoxy) is 1. The summed E-state index contributed by atoms with van der Waals surface area (Å²) in [7, 11) is 1.67. The van der Waals surface area contributed by atoms with E-state index < -0.39 is 6.10 Å². The van der Waals surface area contributed by atoms with Gasteiger partial charge in [-0.2, -0.15) is 0 Å². The highest BCUT2D eigenvalue weighted by Crippen LogP contribution is 2.24. The molecule has 1 aliphatic rings. The molecule has 0 heterocycles. The summed E-state index contributed by atoms with van der Waals surface area (Å²) in [5, 5.41) is 13.1. The minimum Gasteiger partial charge on any atom is -0.497 e. The minimum absolute atomic E-state index is 0.254. The van der Waals surface area contributed by atoms with E-state index in [-0.39, 0.29) is 6.61 Å². The van der Waals surface area contributed by atoms with Crippen molar-refractivity contribution >= 4 is 6.08 Å². The fourth-order valence-electron chi connectivity index (χ4n) is 2.85. The van der Waals surface area contributed by atoms with Crippen LogP contribution in [0.3, 0.4) is 0 Å². The normalized spacial score (nSPS) is 17.5. The van der Waals surface area contributed by atoms with Crippen LogP contribution in [0.1, 0.15) is 44.6 Å². The molecule has 1 aromatic rings. The number of benzene rings is 1. The highest BCUT2D eigenvalue weighted by Gasteiger charge is 2.11. The van der Waals surface area contributed by atoms with Crippen molar-refractivity contribution in [1.29, 1.82) is 0 Å². The number of nitrogens with one attached hydrogen (secondary N) is 2. The molecule has 0 fully saturated rings. The molecule has 5 heteroatoms. The molecule has 0 amide bonds. The smallest absolute Gasteiger partial charge is 0.118 e. The van der Waals surface area contributed by atoms with Crippen LogP contribution in [0.25, 0.3) is 6.08 Å². The van der Waals surface area contributed by atoms with Crippen LogP contribution in [0.5, 0.6) is 5.75 Å². The first-order chi connectivity index (χ1) is 12.7. The van der Waals surface area contributed by atoms with E-state index in [9.17, 15) is 5.11 Å². The SMILES string of the molecule is CCCNC[C@H](O)CONC1=CCCCCC1=Cc1ccc(OC)cc1. The predicted octanol–water partition coefficient (Wildman–Crippen LogP) is 3.42. The first kappa shape index (κ1) is 20.5. The Labute approximate surface area is 157 Å². The largest absolute Gasteiger partial charge is 0.497 e. The standard InChI is InChI=1S/C21H32N2O3/c1-3-13-22-15-19(24)16-26-23-21-8-6-4-5-7-18(21)14-17-9-11-20(25-2)12-10-17/h8-12,14,19,22-24H,3-7,13,15-16H2,1-2H3/t19-/m0/s1. The molecule has 0 bridgehead atoms. The summed E-state index contributed by atoms with van der Waals surface area (Å²) in [4.78, 5) is 5.56. The second-order valence-corrected chi connectivity index (χ2v) is 6.58. The van der Waals surface area contributed by atoms with Crippen molar-refractivity contribution in [3.63, 3.8) is 0 Å². The average molecular weight is 360 g/mol. The highest BCUT2D eigenvalue weighted by molar-refractivity contribution is 5.58. The molecule has 144 valence electrons. The molecule has 0 unspecified atom stereocenters. The Balaban J connectivity index is 1.92. The third kappa shape index (κ3) is 7.20. The summed E-state index contributed by atoms with van der Waals surface area (Å²) in [5.74, 6) is 0.857. The van der Waals surface area contributed by atoms with Gasteiger partial charge >= 0.3 is 0 Å². The molecule has 2 rings (SSSR count). The molecule has 26 heavy (non-hydrogen) atoms. The quantitative estimate of drug-likeness (QED) is 0.441. The summed E-state index contributed by atoms with van der Waals surface area (Å²) in [5.41, 5.74) is 6.43. The van der Waals surface area contributed by atoms with Crippen molar-refractivity contribution in [2.45, 2.75) is 45.1 Å². The topological polar surface area (TPSA) is 62.8 Å². The van der Waals surface area contributed by atoms with Crippen LogP contribution in [0, 0.1) is 0 Å². The van der Waals surface area contributed by atoms with Crippen LogP contribution >= 0.6 is 0 Å². The first-order valence-electron chi connectivity index (χ1n) is 9.54. The molecule has 0 aliphatic heterocycles. The molecule has 0 saturated carbocycles. The molecule has 0 saturated heterocycles. The first-order valence-corrected chi connectivity index (χ1v) is 9.54. The summed E-state index contributed by atoms with van der Waals surface area (Å²) in [6.07, 6.45) is 9.28. The molecular weight excluding hydrogens is 328 g/mol. The van der Waals surface area contributed by atoms with Crippen molar-refractivity contribution in [2.75, 3.05) is 26.8 Å². The van der Waals surface area contributed by atoms with Crippen LogP contribution < -0.4 is 15.5 Å². The van der Waals surface area contributed by atoms with Crippen LogP contribution in [0.2, 0.25) is 0 Å². The second-order valence-electron chi connectivity index (χ2n) is 6.58. The maximum atomic E-state index is 9.94. The van der Waals surface area contributed by atoms with Gasteiger partial charge in [0.25, 0.3) is 0 Å². The lowest BCUT2D eigenvalue weighted by Gasteiger charge is -2.16. The molecule has 5 nitrogen and oxygen atoms in total. The van der Waals surface area contributed by atoms with Crippen LogP contribution in [0.15, 0.2) is 41.6 Å². The third-order valence-corrected chi connectivity index (χ3v) is 4.32. The van der Waals surface area contributed by atoms with Gasteiger partial charge in [-0.3, -0.25) is 10.3 Å². The lowest BCUT2D eigenvalue weighted by Crippen LogP contribution is -2.33. The zero-order valence-electron chi connectivity index (χ0n) is 16.0. The summed E-state index contributed by atoms with van der Waals surface area (Å²) >= 11 is 0. The van der Waals surface area contributed by atoms with Gasteiger partial charge in [-0.15, -0.1) is 0 Å². The Morgan fingerprint density at radius 3 is 2.77 bits per heavy atom. The monoisotopic (exact) mass is 360 g/mol. The predicted molar refractivity (Wildman–Crippen MR) is 106 cm³/mol. The summed E-state index contributed by atoms with van der Waals surface area (Å²) < 4.78 is 5.22. The van der Waals surface area contributed by atoms with E-state index in [1.807, 2.05) is 12.1 Å². The molecular formula is C21H32N2O3. The Morgan fingerprint density at radius 1 is 1.23 bits per heavy atom. The molecule has 3 N–H and O–H groups in total. The third-order valence-electron chi connectivity index (χ3n) is 4.32. The van der Waals surface area contributed by atoms with E-state index in [0.717, 1.165) is 49.2 Å². The number of aliphatic hydroxyl groups excluding tert-OH is 1. The minimum atomic E-state index is -0.519. The molecule has 0 aromatic heterocycles. The van der Waals surface area contributed by atoms with Crippen molar-refractivity contribution in [3.8, 4) is 5.75 Å². The lowest BCUT2D eigenvalue weighted by molar-refractivity contribution is -0.00417. The highest BCUT2D eigenvalue weighted by atomic mass is 16.6. The number of aliphatic hydroxyl groups is 1. The van der Waals surface area contributed by atoms with Gasteiger partial charge in [0, 0.05) is 6.54 Å². The molecule has 1 aliphatic carbocycles. The maximum absolute atomic E-state index is 9.94. The fraction of sp³-hybridized carbons (Fsp3) is 0.524. The van der Waals surface area contributed by atoms with Gasteiger partial charge in [-0.25, -0.2) is 0 Å².